The van der Waals surface area contributed by atoms with Crippen LogP contribution < -0.4 is 9.46 Å². The monoisotopic (exact) mass is 339 g/mol. The van der Waals surface area contributed by atoms with E-state index in [4.69, 9.17) is 4.74 Å². The van der Waals surface area contributed by atoms with Crippen LogP contribution in [-0.2, 0) is 10.0 Å². The summed E-state index contributed by atoms with van der Waals surface area (Å²) in [6, 6.07) is 11.3. The number of hydrogen-bond donors (Lipinski definition) is 1. The molecule has 0 fully saturated rings. The molecule has 0 radical (unpaired) electrons. The molecule has 0 spiro atoms. The number of thiophene rings is 1. The second-order valence-electron chi connectivity index (χ2n) is 5.30. The van der Waals surface area contributed by atoms with Gasteiger partial charge in [0.05, 0.1) is 0 Å². The van der Waals surface area contributed by atoms with Crippen LogP contribution in [0.1, 0.15) is 30.2 Å². The molecule has 0 amide bonds. The predicted octanol–water partition coefficient (Wildman–Crippen LogP) is 3.54. The molecule has 0 saturated carbocycles. The minimum absolute atomic E-state index is 0.242. The zero-order valence-corrected chi connectivity index (χ0v) is 14.6. The Balaban J connectivity index is 1.90. The fraction of sp³-hybridized carbons (Fsp3) is 0.375. The molecule has 0 saturated heterocycles. The van der Waals surface area contributed by atoms with Crippen LogP contribution in [0.25, 0.3) is 0 Å². The van der Waals surface area contributed by atoms with Crippen LogP contribution in [0.2, 0.25) is 0 Å². The molecule has 0 aliphatic rings. The molecule has 0 bridgehead atoms. The second-order valence-corrected chi connectivity index (χ2v) is 8.59. The number of nitrogens with one attached hydrogen (secondary N) is 1. The normalized spacial score (nSPS) is 11.8. The van der Waals surface area contributed by atoms with E-state index in [1.54, 1.807) is 12.1 Å². The van der Waals surface area contributed by atoms with Crippen molar-refractivity contribution >= 4 is 21.4 Å². The Labute approximate surface area is 136 Å². The van der Waals surface area contributed by atoms with Gasteiger partial charge in [0.2, 0.25) is 10.0 Å². The molecule has 0 unspecified atom stereocenters. The molecule has 1 aromatic carbocycles. The smallest absolute Gasteiger partial charge is 0.250 e. The summed E-state index contributed by atoms with van der Waals surface area (Å²) in [6.45, 7) is 6.63. The Bertz CT molecular complexity index is 720. The maximum absolute atomic E-state index is 12.1. The third kappa shape index (κ3) is 4.32. The molecule has 22 heavy (non-hydrogen) atoms. The van der Waals surface area contributed by atoms with Gasteiger partial charge in [0.15, 0.2) is 0 Å². The fourth-order valence-corrected chi connectivity index (χ4v) is 4.39. The number of para-hydroxylation sites is 1. The van der Waals surface area contributed by atoms with Gasteiger partial charge >= 0.3 is 0 Å². The first-order valence-electron chi connectivity index (χ1n) is 7.18. The molecule has 0 aliphatic carbocycles. The highest BCUT2D eigenvalue weighted by Crippen LogP contribution is 2.25. The van der Waals surface area contributed by atoms with Gasteiger partial charge in [-0.3, -0.25) is 0 Å². The van der Waals surface area contributed by atoms with E-state index in [9.17, 15) is 8.42 Å². The molecule has 2 aromatic rings. The maximum atomic E-state index is 12.1. The predicted molar refractivity (Wildman–Crippen MR) is 90.3 cm³/mol. The van der Waals surface area contributed by atoms with Crippen molar-refractivity contribution in [1.82, 2.24) is 4.72 Å². The Hall–Kier alpha value is -1.37. The van der Waals surface area contributed by atoms with Gasteiger partial charge < -0.3 is 4.74 Å². The quantitative estimate of drug-likeness (QED) is 0.785. The lowest BCUT2D eigenvalue weighted by Gasteiger charge is -2.14. The molecule has 0 atom stereocenters. The lowest BCUT2D eigenvalue weighted by molar-refractivity contribution is 0.318. The first-order chi connectivity index (χ1) is 10.4. The highest BCUT2D eigenvalue weighted by Gasteiger charge is 2.15. The average molecular weight is 339 g/mol. The van der Waals surface area contributed by atoms with E-state index in [0.717, 1.165) is 16.2 Å². The van der Waals surface area contributed by atoms with Crippen LogP contribution in [0.3, 0.4) is 0 Å². The largest absolute Gasteiger partial charge is 0.492 e. The SMILES string of the molecule is Cc1ccc(S(=O)(=O)NCCOc2ccccc2C(C)C)s1. The molecule has 1 N–H and O–H groups in total. The minimum Gasteiger partial charge on any atom is -0.492 e. The first-order valence-corrected chi connectivity index (χ1v) is 9.48. The van der Waals surface area contributed by atoms with E-state index < -0.39 is 10.0 Å². The Kier molecular flexibility index (Phi) is 5.61. The number of aryl methyl sites for hydroxylation is 1. The van der Waals surface area contributed by atoms with Gasteiger partial charge in [-0.2, -0.15) is 0 Å². The average Bonchev–Trinajstić information content (AvgIpc) is 2.91. The number of rotatable bonds is 7. The zero-order valence-electron chi connectivity index (χ0n) is 13.0. The van der Waals surface area contributed by atoms with Crippen LogP contribution in [0.5, 0.6) is 5.75 Å². The van der Waals surface area contributed by atoms with Crippen molar-refractivity contribution in [3.8, 4) is 5.75 Å². The Morgan fingerprint density at radius 1 is 1.18 bits per heavy atom. The summed E-state index contributed by atoms with van der Waals surface area (Å²) in [5.41, 5.74) is 1.12. The standard InChI is InChI=1S/C16H21NO3S2/c1-12(2)14-6-4-5-7-15(14)20-11-10-17-22(18,19)16-9-8-13(3)21-16/h4-9,12,17H,10-11H2,1-3H3. The van der Waals surface area contributed by atoms with Gasteiger partial charge in [0.1, 0.15) is 16.6 Å². The Morgan fingerprint density at radius 2 is 1.91 bits per heavy atom. The minimum atomic E-state index is -3.43. The van der Waals surface area contributed by atoms with Crippen LogP contribution in [0.4, 0.5) is 0 Å². The van der Waals surface area contributed by atoms with Crippen LogP contribution in [-0.4, -0.2) is 21.6 Å². The third-order valence-electron chi connectivity index (χ3n) is 3.17. The van der Waals surface area contributed by atoms with Crippen molar-refractivity contribution in [2.75, 3.05) is 13.2 Å². The number of benzene rings is 1. The number of sulfonamides is 1. The van der Waals surface area contributed by atoms with Crippen LogP contribution in [0, 0.1) is 6.92 Å². The lowest BCUT2D eigenvalue weighted by Crippen LogP contribution is -2.27. The van der Waals surface area contributed by atoms with Crippen LogP contribution in [0.15, 0.2) is 40.6 Å². The molecule has 120 valence electrons. The van der Waals surface area contributed by atoms with E-state index in [2.05, 4.69) is 18.6 Å². The number of ether oxygens (including phenoxy) is 1. The zero-order chi connectivity index (χ0) is 16.2. The second kappa shape index (κ2) is 7.26. The van der Waals surface area contributed by atoms with E-state index >= 15 is 0 Å². The highest BCUT2D eigenvalue weighted by atomic mass is 32.2. The first kappa shape index (κ1) is 17.0. The van der Waals surface area contributed by atoms with Gasteiger partial charge in [0, 0.05) is 11.4 Å². The summed E-state index contributed by atoms with van der Waals surface area (Å²) in [7, 11) is -3.43. The van der Waals surface area contributed by atoms with Crippen molar-refractivity contribution in [3.05, 3.63) is 46.8 Å². The summed E-state index contributed by atoms with van der Waals surface area (Å²) < 4.78 is 32.8. The van der Waals surface area contributed by atoms with E-state index in [1.165, 1.54) is 11.3 Å². The molecule has 6 heteroatoms. The molecular formula is C16H21NO3S2. The van der Waals surface area contributed by atoms with Crippen molar-refractivity contribution in [3.63, 3.8) is 0 Å². The van der Waals surface area contributed by atoms with E-state index in [-0.39, 0.29) is 6.54 Å². The molecule has 1 aromatic heterocycles. The van der Waals surface area contributed by atoms with Gasteiger partial charge in [-0.15, -0.1) is 11.3 Å². The molecule has 2 rings (SSSR count). The molecule has 4 nitrogen and oxygen atoms in total. The van der Waals surface area contributed by atoms with Crippen LogP contribution >= 0.6 is 11.3 Å². The van der Waals surface area contributed by atoms with Gasteiger partial charge in [0.25, 0.3) is 0 Å². The molecule has 0 aliphatic heterocycles. The van der Waals surface area contributed by atoms with E-state index in [1.807, 2.05) is 31.2 Å². The summed E-state index contributed by atoms with van der Waals surface area (Å²) in [4.78, 5) is 0.975. The van der Waals surface area contributed by atoms with Crippen molar-refractivity contribution in [1.29, 1.82) is 0 Å². The Morgan fingerprint density at radius 3 is 2.55 bits per heavy atom. The fourth-order valence-electron chi connectivity index (χ4n) is 2.05. The van der Waals surface area contributed by atoms with Gasteiger partial charge in [-0.1, -0.05) is 32.0 Å². The lowest BCUT2D eigenvalue weighted by atomic mass is 10.0. The topological polar surface area (TPSA) is 55.4 Å². The summed E-state index contributed by atoms with van der Waals surface area (Å²) in [6.07, 6.45) is 0. The van der Waals surface area contributed by atoms with Crippen molar-refractivity contribution in [2.24, 2.45) is 0 Å². The highest BCUT2D eigenvalue weighted by molar-refractivity contribution is 7.91. The summed E-state index contributed by atoms with van der Waals surface area (Å²) in [5, 5.41) is 0. The van der Waals surface area contributed by atoms with Crippen molar-refractivity contribution in [2.45, 2.75) is 30.9 Å². The summed E-state index contributed by atoms with van der Waals surface area (Å²) >= 11 is 1.26. The molecule has 1 heterocycles. The molecular weight excluding hydrogens is 318 g/mol. The third-order valence-corrected chi connectivity index (χ3v) is 6.13. The van der Waals surface area contributed by atoms with E-state index in [0.29, 0.717) is 16.7 Å². The van der Waals surface area contributed by atoms with Gasteiger partial charge in [-0.25, -0.2) is 13.1 Å². The van der Waals surface area contributed by atoms with Crippen molar-refractivity contribution < 1.29 is 13.2 Å². The van der Waals surface area contributed by atoms with Gasteiger partial charge in [-0.05, 0) is 36.6 Å². The maximum Gasteiger partial charge on any atom is 0.250 e. The number of hydrogen-bond acceptors (Lipinski definition) is 4. The summed E-state index contributed by atoms with van der Waals surface area (Å²) in [5.74, 6) is 1.17.